The summed E-state index contributed by atoms with van der Waals surface area (Å²) in [6.45, 7) is 2.39. The van der Waals surface area contributed by atoms with Crippen LogP contribution in [0.4, 0.5) is 0 Å². The lowest BCUT2D eigenvalue weighted by Gasteiger charge is -2.37. The molecule has 2 heterocycles. The van der Waals surface area contributed by atoms with Crippen molar-refractivity contribution in [1.82, 2.24) is 4.90 Å². The molecular formula is C19H22N2. The third kappa shape index (κ3) is 2.19. The van der Waals surface area contributed by atoms with Crippen LogP contribution < -0.4 is 5.73 Å². The number of hydrogen-bond acceptors (Lipinski definition) is 2. The molecule has 2 heteroatoms. The van der Waals surface area contributed by atoms with Crippen molar-refractivity contribution >= 4 is 0 Å². The van der Waals surface area contributed by atoms with Crippen LogP contribution >= 0.6 is 0 Å². The molecular weight excluding hydrogens is 256 g/mol. The summed E-state index contributed by atoms with van der Waals surface area (Å²) >= 11 is 0. The fourth-order valence-corrected chi connectivity index (χ4v) is 4.26. The summed E-state index contributed by atoms with van der Waals surface area (Å²) in [5.41, 5.74) is 9.37. The molecule has 2 nitrogen and oxygen atoms in total. The first-order valence-electron chi connectivity index (χ1n) is 7.94. The van der Waals surface area contributed by atoms with Crippen LogP contribution in [0.3, 0.4) is 0 Å². The van der Waals surface area contributed by atoms with Gasteiger partial charge in [0, 0.05) is 24.5 Å². The number of benzene rings is 2. The van der Waals surface area contributed by atoms with Gasteiger partial charge in [-0.05, 0) is 30.0 Å². The highest BCUT2D eigenvalue weighted by Crippen LogP contribution is 2.42. The SMILES string of the molecule is N[C@@H]1[C@@H]2CCN(C2)[C@H]1C(c1ccccc1)c1ccccc1. The molecule has 0 amide bonds. The summed E-state index contributed by atoms with van der Waals surface area (Å²) in [6.07, 6.45) is 1.27. The second kappa shape index (κ2) is 5.28. The molecule has 108 valence electrons. The number of nitrogens with zero attached hydrogens (tertiary/aromatic N) is 1. The van der Waals surface area contributed by atoms with E-state index in [1.165, 1.54) is 30.6 Å². The van der Waals surface area contributed by atoms with Gasteiger partial charge in [0.25, 0.3) is 0 Å². The van der Waals surface area contributed by atoms with Gasteiger partial charge in [0.05, 0.1) is 0 Å². The normalized spacial score (nSPS) is 31.0. The predicted octanol–water partition coefficient (Wildman–Crippen LogP) is 2.85. The fourth-order valence-electron chi connectivity index (χ4n) is 4.26. The lowest BCUT2D eigenvalue weighted by atomic mass is 9.79. The largest absolute Gasteiger partial charge is 0.326 e. The van der Waals surface area contributed by atoms with Gasteiger partial charge < -0.3 is 5.73 Å². The van der Waals surface area contributed by atoms with Gasteiger partial charge in [-0.3, -0.25) is 4.90 Å². The Kier molecular flexibility index (Phi) is 3.28. The van der Waals surface area contributed by atoms with E-state index < -0.39 is 0 Å². The van der Waals surface area contributed by atoms with Gasteiger partial charge in [0.15, 0.2) is 0 Å². The molecule has 0 spiro atoms. The molecule has 2 bridgehead atoms. The molecule has 21 heavy (non-hydrogen) atoms. The van der Waals surface area contributed by atoms with Crippen LogP contribution in [-0.2, 0) is 0 Å². The molecule has 2 aliphatic rings. The average molecular weight is 278 g/mol. The van der Waals surface area contributed by atoms with E-state index in [-0.39, 0.29) is 0 Å². The van der Waals surface area contributed by atoms with Crippen LogP contribution in [-0.4, -0.2) is 30.1 Å². The van der Waals surface area contributed by atoms with Crippen molar-refractivity contribution in [2.45, 2.75) is 24.4 Å². The topological polar surface area (TPSA) is 29.3 Å². The van der Waals surface area contributed by atoms with Gasteiger partial charge in [-0.25, -0.2) is 0 Å². The number of rotatable bonds is 3. The Morgan fingerprint density at radius 2 is 1.48 bits per heavy atom. The summed E-state index contributed by atoms with van der Waals surface area (Å²) in [6, 6.07) is 22.5. The molecule has 0 saturated carbocycles. The summed E-state index contributed by atoms with van der Waals surface area (Å²) in [5.74, 6) is 1.07. The van der Waals surface area contributed by atoms with Crippen molar-refractivity contribution in [2.75, 3.05) is 13.1 Å². The monoisotopic (exact) mass is 278 g/mol. The van der Waals surface area contributed by atoms with Crippen molar-refractivity contribution in [3.63, 3.8) is 0 Å². The zero-order valence-corrected chi connectivity index (χ0v) is 12.2. The minimum Gasteiger partial charge on any atom is -0.326 e. The van der Waals surface area contributed by atoms with Gasteiger partial charge >= 0.3 is 0 Å². The predicted molar refractivity (Wildman–Crippen MR) is 86.2 cm³/mol. The van der Waals surface area contributed by atoms with Gasteiger partial charge in [-0.1, -0.05) is 60.7 Å². The fraction of sp³-hybridized carbons (Fsp3) is 0.368. The Labute approximate surface area is 126 Å². The van der Waals surface area contributed by atoms with E-state index in [1.807, 2.05) is 0 Å². The lowest BCUT2D eigenvalue weighted by Crippen LogP contribution is -2.48. The molecule has 0 aromatic heterocycles. The van der Waals surface area contributed by atoms with Crippen molar-refractivity contribution in [3.05, 3.63) is 71.8 Å². The van der Waals surface area contributed by atoms with Gasteiger partial charge in [0.2, 0.25) is 0 Å². The number of fused-ring (bicyclic) bond motifs is 2. The second-order valence-electron chi connectivity index (χ2n) is 6.41. The molecule has 2 saturated heterocycles. The van der Waals surface area contributed by atoms with E-state index in [4.69, 9.17) is 5.73 Å². The van der Waals surface area contributed by atoms with E-state index >= 15 is 0 Å². The maximum Gasteiger partial charge on any atom is 0.0359 e. The average Bonchev–Trinajstić information content (AvgIpc) is 3.13. The number of piperidine rings is 1. The molecule has 2 fully saturated rings. The van der Waals surface area contributed by atoms with Gasteiger partial charge in [-0.15, -0.1) is 0 Å². The highest BCUT2D eigenvalue weighted by Gasteiger charge is 2.47. The first-order valence-corrected chi connectivity index (χ1v) is 7.94. The highest BCUT2D eigenvalue weighted by atomic mass is 15.2. The molecule has 1 unspecified atom stereocenters. The first-order chi connectivity index (χ1) is 10.3. The zero-order chi connectivity index (χ0) is 14.2. The summed E-state index contributed by atoms with van der Waals surface area (Å²) in [4.78, 5) is 2.61. The van der Waals surface area contributed by atoms with Crippen LogP contribution in [0, 0.1) is 5.92 Å². The maximum atomic E-state index is 6.60. The van der Waals surface area contributed by atoms with Crippen LogP contribution in [0.25, 0.3) is 0 Å². The Morgan fingerprint density at radius 1 is 0.905 bits per heavy atom. The molecule has 0 aliphatic carbocycles. The maximum absolute atomic E-state index is 6.60. The van der Waals surface area contributed by atoms with E-state index in [9.17, 15) is 0 Å². The third-order valence-electron chi connectivity index (χ3n) is 5.28. The molecule has 4 rings (SSSR count). The Morgan fingerprint density at radius 3 is 1.95 bits per heavy atom. The number of nitrogens with two attached hydrogens (primary N) is 1. The standard InChI is InChI=1S/C19H22N2/c20-18-16-11-12-21(13-16)19(18)17(14-7-3-1-4-8-14)15-9-5-2-6-10-15/h1-10,16-19H,11-13,20H2/t16-,18-,19+/m1/s1. The molecule has 2 aromatic rings. The lowest BCUT2D eigenvalue weighted by molar-refractivity contribution is 0.219. The zero-order valence-electron chi connectivity index (χ0n) is 12.2. The van der Waals surface area contributed by atoms with E-state index in [2.05, 4.69) is 65.6 Å². The Bertz CT molecular complexity index is 554. The smallest absolute Gasteiger partial charge is 0.0359 e. The Balaban J connectivity index is 1.78. The van der Waals surface area contributed by atoms with Crippen LogP contribution in [0.15, 0.2) is 60.7 Å². The molecule has 0 radical (unpaired) electrons. The van der Waals surface area contributed by atoms with Crippen molar-refractivity contribution in [2.24, 2.45) is 11.7 Å². The Hall–Kier alpha value is -1.64. The van der Waals surface area contributed by atoms with Gasteiger partial charge in [-0.2, -0.15) is 0 Å². The van der Waals surface area contributed by atoms with E-state index in [0.29, 0.717) is 23.9 Å². The van der Waals surface area contributed by atoms with Crippen molar-refractivity contribution in [1.29, 1.82) is 0 Å². The summed E-state index contributed by atoms with van der Waals surface area (Å²) in [5, 5.41) is 0. The second-order valence-corrected chi connectivity index (χ2v) is 6.41. The highest BCUT2D eigenvalue weighted by molar-refractivity contribution is 5.36. The van der Waals surface area contributed by atoms with E-state index in [0.717, 1.165) is 0 Å². The molecule has 2 N–H and O–H groups in total. The minimum atomic E-state index is 0.296. The third-order valence-corrected chi connectivity index (χ3v) is 5.28. The van der Waals surface area contributed by atoms with Crippen molar-refractivity contribution < 1.29 is 0 Å². The van der Waals surface area contributed by atoms with Crippen molar-refractivity contribution in [3.8, 4) is 0 Å². The molecule has 4 atom stereocenters. The quantitative estimate of drug-likeness (QED) is 0.935. The number of hydrogen-bond donors (Lipinski definition) is 1. The summed E-state index contributed by atoms with van der Waals surface area (Å²) < 4.78 is 0. The summed E-state index contributed by atoms with van der Waals surface area (Å²) in [7, 11) is 0. The first kappa shape index (κ1) is 13.1. The van der Waals surface area contributed by atoms with E-state index in [1.54, 1.807) is 0 Å². The van der Waals surface area contributed by atoms with Gasteiger partial charge in [0.1, 0.15) is 0 Å². The van der Waals surface area contributed by atoms with Crippen LogP contribution in [0.1, 0.15) is 23.5 Å². The van der Waals surface area contributed by atoms with Crippen LogP contribution in [0.2, 0.25) is 0 Å². The minimum absolute atomic E-state index is 0.296. The van der Waals surface area contributed by atoms with Crippen LogP contribution in [0.5, 0.6) is 0 Å². The molecule has 2 aliphatic heterocycles. The molecule has 2 aromatic carbocycles.